The number of rotatable bonds is 1. The molecule has 1 aromatic carbocycles. The van der Waals surface area contributed by atoms with Gasteiger partial charge < -0.3 is 9.78 Å². The van der Waals surface area contributed by atoms with Crippen LogP contribution in [0, 0.1) is 0 Å². The molecule has 0 aliphatic rings. The van der Waals surface area contributed by atoms with E-state index < -0.39 is 0 Å². The van der Waals surface area contributed by atoms with Gasteiger partial charge in [0.25, 0.3) is 0 Å². The Morgan fingerprint density at radius 3 is 2.50 bits per heavy atom. The van der Waals surface area contributed by atoms with Crippen molar-refractivity contribution in [3.8, 4) is 0 Å². The minimum Gasteiger partial charge on any atom is -0.361 e. The van der Waals surface area contributed by atoms with Crippen LogP contribution >= 0.6 is 0 Å². The highest BCUT2D eigenvalue weighted by Gasteiger charge is 1.86. The number of benzene rings is 1. The van der Waals surface area contributed by atoms with Gasteiger partial charge in [-0.15, -0.1) is 0 Å². The number of carbonyl (C=O) groups is 1. The number of fused-ring (bicyclic) bond motifs is 1. The number of nitrogens with one attached hydrogen (secondary N) is 1. The smallest absolute Gasteiger partial charge is 0.129 e. The number of H-pyrrole nitrogens is 1. The summed E-state index contributed by atoms with van der Waals surface area (Å²) in [5.74, 6) is 0.255. The maximum atomic E-state index is 9.81. The third-order valence-electron chi connectivity index (χ3n) is 1.96. The largest absolute Gasteiger partial charge is 0.361 e. The van der Waals surface area contributed by atoms with Crippen molar-refractivity contribution < 1.29 is 4.79 Å². The van der Waals surface area contributed by atoms with Gasteiger partial charge in [0.1, 0.15) is 5.78 Å². The molecule has 0 unspecified atom stereocenters. The van der Waals surface area contributed by atoms with Gasteiger partial charge in [0.05, 0.1) is 0 Å². The molecule has 0 fully saturated rings. The molecule has 0 aliphatic carbocycles. The van der Waals surface area contributed by atoms with E-state index in [4.69, 9.17) is 0 Å². The molecular weight excluding hydrogens is 174 g/mol. The standard InChI is InChI=1S/C8H7N.C4H8O/c1-2-4-8-7(3-1)5-6-9-8;1-3-4(2)5/h1-6,9H;3H2,1-2H3. The number of para-hydroxylation sites is 1. The minimum atomic E-state index is 0.255. The lowest BCUT2D eigenvalue weighted by atomic mass is 10.3. The van der Waals surface area contributed by atoms with Crippen LogP contribution in [0.25, 0.3) is 10.9 Å². The fourth-order valence-corrected chi connectivity index (χ4v) is 0.995. The summed E-state index contributed by atoms with van der Waals surface area (Å²) >= 11 is 0. The van der Waals surface area contributed by atoms with Crippen LogP contribution in [-0.4, -0.2) is 10.8 Å². The predicted octanol–water partition coefficient (Wildman–Crippen LogP) is 3.15. The van der Waals surface area contributed by atoms with E-state index in [2.05, 4.69) is 23.2 Å². The van der Waals surface area contributed by atoms with Crippen LogP contribution in [0.4, 0.5) is 0 Å². The van der Waals surface area contributed by atoms with Crippen molar-refractivity contribution in [1.29, 1.82) is 0 Å². The second-order valence-corrected chi connectivity index (χ2v) is 3.12. The van der Waals surface area contributed by atoms with Gasteiger partial charge in [-0.3, -0.25) is 0 Å². The molecule has 0 spiro atoms. The molecule has 0 saturated carbocycles. The van der Waals surface area contributed by atoms with Gasteiger partial charge in [-0.25, -0.2) is 0 Å². The van der Waals surface area contributed by atoms with Crippen molar-refractivity contribution >= 4 is 16.7 Å². The first-order chi connectivity index (χ1) is 6.74. The van der Waals surface area contributed by atoms with Crippen LogP contribution in [0.1, 0.15) is 20.3 Å². The highest BCUT2D eigenvalue weighted by molar-refractivity contribution is 5.78. The number of Topliss-reactive ketones (excluding diaryl/α,β-unsaturated/α-hetero) is 1. The fraction of sp³-hybridized carbons (Fsp3) is 0.250. The van der Waals surface area contributed by atoms with E-state index in [9.17, 15) is 4.79 Å². The third kappa shape index (κ3) is 3.05. The molecule has 0 atom stereocenters. The number of aromatic nitrogens is 1. The number of ketones is 1. The first-order valence-corrected chi connectivity index (χ1v) is 4.75. The Kier molecular flexibility index (Phi) is 3.92. The van der Waals surface area contributed by atoms with E-state index in [0.717, 1.165) is 0 Å². The molecule has 2 aromatic rings. The van der Waals surface area contributed by atoms with Crippen LogP contribution in [0.3, 0.4) is 0 Å². The van der Waals surface area contributed by atoms with Crippen molar-refractivity contribution in [2.75, 3.05) is 0 Å². The predicted molar refractivity (Wildman–Crippen MR) is 59.3 cm³/mol. The summed E-state index contributed by atoms with van der Waals surface area (Å²) in [5.41, 5.74) is 1.21. The Labute approximate surface area is 83.9 Å². The van der Waals surface area contributed by atoms with Gasteiger partial charge in [0.15, 0.2) is 0 Å². The molecular formula is C12H15NO. The molecule has 74 valence electrons. The summed E-state index contributed by atoms with van der Waals surface area (Å²) in [6.07, 6.45) is 2.62. The Morgan fingerprint density at radius 2 is 1.93 bits per heavy atom. The summed E-state index contributed by atoms with van der Waals surface area (Å²) in [5, 5.41) is 1.28. The van der Waals surface area contributed by atoms with Crippen LogP contribution in [-0.2, 0) is 4.79 Å². The monoisotopic (exact) mass is 189 g/mol. The van der Waals surface area contributed by atoms with Gasteiger partial charge in [0, 0.05) is 18.1 Å². The van der Waals surface area contributed by atoms with Gasteiger partial charge in [0.2, 0.25) is 0 Å². The number of aromatic amines is 1. The van der Waals surface area contributed by atoms with E-state index in [1.807, 2.05) is 25.3 Å². The van der Waals surface area contributed by atoms with Crippen molar-refractivity contribution in [2.45, 2.75) is 20.3 Å². The van der Waals surface area contributed by atoms with Crippen LogP contribution < -0.4 is 0 Å². The lowest BCUT2D eigenvalue weighted by Crippen LogP contribution is -1.80. The maximum absolute atomic E-state index is 9.81. The average molecular weight is 189 g/mol. The van der Waals surface area contributed by atoms with E-state index in [1.54, 1.807) is 6.92 Å². The van der Waals surface area contributed by atoms with E-state index >= 15 is 0 Å². The van der Waals surface area contributed by atoms with E-state index in [1.165, 1.54) is 10.9 Å². The Hall–Kier alpha value is -1.57. The maximum Gasteiger partial charge on any atom is 0.129 e. The normalized spacial score (nSPS) is 9.29. The number of hydrogen-bond donors (Lipinski definition) is 1. The zero-order chi connectivity index (χ0) is 10.4. The fourth-order valence-electron chi connectivity index (χ4n) is 0.995. The summed E-state index contributed by atoms with van der Waals surface area (Å²) < 4.78 is 0. The molecule has 0 bridgehead atoms. The van der Waals surface area contributed by atoms with E-state index in [0.29, 0.717) is 6.42 Å². The highest BCUT2D eigenvalue weighted by atomic mass is 16.1. The van der Waals surface area contributed by atoms with Crippen molar-refractivity contribution in [2.24, 2.45) is 0 Å². The molecule has 2 nitrogen and oxygen atoms in total. The van der Waals surface area contributed by atoms with Gasteiger partial charge >= 0.3 is 0 Å². The molecule has 2 rings (SSSR count). The molecule has 1 heterocycles. The quantitative estimate of drug-likeness (QED) is 0.734. The zero-order valence-electron chi connectivity index (χ0n) is 8.58. The molecule has 0 amide bonds. The minimum absolute atomic E-state index is 0.255. The van der Waals surface area contributed by atoms with Crippen LogP contribution in [0.15, 0.2) is 36.5 Å². The van der Waals surface area contributed by atoms with Crippen molar-refractivity contribution in [3.05, 3.63) is 36.5 Å². The second-order valence-electron chi connectivity index (χ2n) is 3.12. The van der Waals surface area contributed by atoms with Gasteiger partial charge in [-0.05, 0) is 24.4 Å². The van der Waals surface area contributed by atoms with E-state index in [-0.39, 0.29) is 5.78 Å². The van der Waals surface area contributed by atoms with Crippen molar-refractivity contribution in [3.63, 3.8) is 0 Å². The van der Waals surface area contributed by atoms with Gasteiger partial charge in [-0.1, -0.05) is 25.1 Å². The lowest BCUT2D eigenvalue weighted by molar-refractivity contribution is -0.116. The van der Waals surface area contributed by atoms with Gasteiger partial charge in [-0.2, -0.15) is 0 Å². The lowest BCUT2D eigenvalue weighted by Gasteiger charge is -1.83. The first-order valence-electron chi connectivity index (χ1n) is 4.75. The van der Waals surface area contributed by atoms with Crippen molar-refractivity contribution in [1.82, 2.24) is 4.98 Å². The Bertz CT molecular complexity index is 373. The molecule has 1 aromatic heterocycles. The number of hydrogen-bond acceptors (Lipinski definition) is 1. The summed E-state index contributed by atoms with van der Waals surface area (Å²) in [7, 11) is 0. The van der Waals surface area contributed by atoms with Crippen LogP contribution in [0.2, 0.25) is 0 Å². The molecule has 1 N–H and O–H groups in total. The molecule has 0 saturated heterocycles. The zero-order valence-corrected chi connectivity index (χ0v) is 8.58. The summed E-state index contributed by atoms with van der Waals surface area (Å²) in [4.78, 5) is 12.9. The Morgan fingerprint density at radius 1 is 1.29 bits per heavy atom. The summed E-state index contributed by atoms with van der Waals surface area (Å²) in [6, 6.07) is 10.3. The summed E-state index contributed by atoms with van der Waals surface area (Å²) in [6.45, 7) is 3.43. The first kappa shape index (κ1) is 10.5. The average Bonchev–Trinajstić information content (AvgIpc) is 2.66. The Balaban J connectivity index is 0.000000171. The van der Waals surface area contributed by atoms with Crippen LogP contribution in [0.5, 0.6) is 0 Å². The molecule has 14 heavy (non-hydrogen) atoms. The third-order valence-corrected chi connectivity index (χ3v) is 1.96. The molecule has 0 radical (unpaired) electrons. The SMILES string of the molecule is CCC(C)=O.c1ccc2[nH]ccc2c1. The second kappa shape index (κ2) is 5.22. The highest BCUT2D eigenvalue weighted by Crippen LogP contribution is 2.09. The number of carbonyl (C=O) groups excluding carboxylic acids is 1. The topological polar surface area (TPSA) is 32.9 Å². The molecule has 2 heteroatoms. The molecule has 0 aliphatic heterocycles.